The van der Waals surface area contributed by atoms with Gasteiger partial charge in [-0.1, -0.05) is 46.3 Å². The fourth-order valence-electron chi connectivity index (χ4n) is 0.976. The molecule has 64 valence electrons. The van der Waals surface area contributed by atoms with Gasteiger partial charge in [0.25, 0.3) is 0 Å². The molecule has 0 N–H and O–H groups in total. The molecule has 0 saturated carbocycles. The lowest BCUT2D eigenvalue weighted by Crippen LogP contribution is -1.85. The summed E-state index contributed by atoms with van der Waals surface area (Å²) in [5.41, 5.74) is 1.11. The number of hydrogen-bond donors (Lipinski definition) is 0. The van der Waals surface area contributed by atoms with E-state index in [1.165, 1.54) is 0 Å². The summed E-state index contributed by atoms with van der Waals surface area (Å²) in [7, 11) is 1.68. The summed E-state index contributed by atoms with van der Waals surface area (Å²) in [6.45, 7) is 0. The van der Waals surface area contributed by atoms with Crippen molar-refractivity contribution in [1.29, 1.82) is 0 Å². The third-order valence-corrected chi connectivity index (χ3v) is 1.90. The fraction of sp³-hybridized carbons (Fsp3) is 0.200. The Kier molecular flexibility index (Phi) is 3.88. The molecule has 0 fully saturated rings. The number of benzene rings is 1. The molecule has 1 rings (SSSR count). The van der Waals surface area contributed by atoms with Crippen LogP contribution in [0.3, 0.4) is 0 Å². The molecule has 0 radical (unpaired) electrons. The molecular weight excluding hydrogens is 216 g/mol. The quantitative estimate of drug-likeness (QED) is 0.721. The summed E-state index contributed by atoms with van der Waals surface area (Å²) in [5.74, 6) is 0.912. The van der Waals surface area contributed by atoms with Crippen molar-refractivity contribution in [1.82, 2.24) is 0 Å². The molecule has 0 saturated heterocycles. The Morgan fingerprint density at radius 3 is 2.83 bits per heavy atom. The fourth-order valence-corrected chi connectivity index (χ4v) is 1.16. The van der Waals surface area contributed by atoms with Gasteiger partial charge in [-0.15, -0.1) is 0 Å². The summed E-state index contributed by atoms with van der Waals surface area (Å²) >= 11 is 3.33. The maximum absolute atomic E-state index is 5.18. The van der Waals surface area contributed by atoms with Gasteiger partial charge >= 0.3 is 0 Å². The Bertz CT molecular complexity index is 268. The first kappa shape index (κ1) is 9.33. The van der Waals surface area contributed by atoms with Crippen LogP contribution in [-0.2, 0) is 0 Å². The van der Waals surface area contributed by atoms with Crippen molar-refractivity contribution in [3.63, 3.8) is 0 Å². The SMILES string of the molecule is COc1ccccc1C=CCBr. The van der Waals surface area contributed by atoms with Crippen molar-refractivity contribution in [3.05, 3.63) is 35.9 Å². The van der Waals surface area contributed by atoms with E-state index in [0.717, 1.165) is 16.6 Å². The first-order valence-corrected chi connectivity index (χ1v) is 4.86. The maximum atomic E-state index is 5.18. The second kappa shape index (κ2) is 4.99. The Balaban J connectivity index is 2.89. The first-order chi connectivity index (χ1) is 5.88. The van der Waals surface area contributed by atoms with Crippen LogP contribution in [0.5, 0.6) is 5.75 Å². The van der Waals surface area contributed by atoms with Gasteiger partial charge in [-0.05, 0) is 6.07 Å². The van der Waals surface area contributed by atoms with Crippen molar-refractivity contribution in [2.45, 2.75) is 0 Å². The molecule has 0 aliphatic rings. The van der Waals surface area contributed by atoms with Gasteiger partial charge in [0, 0.05) is 10.9 Å². The lowest BCUT2D eigenvalue weighted by molar-refractivity contribution is 0.414. The summed E-state index contributed by atoms with van der Waals surface area (Å²) in [6.07, 6.45) is 4.07. The summed E-state index contributed by atoms with van der Waals surface area (Å²) in [6, 6.07) is 7.94. The number of rotatable bonds is 3. The predicted molar refractivity (Wildman–Crippen MR) is 55.8 cm³/mol. The zero-order valence-electron chi connectivity index (χ0n) is 6.96. The second-order valence-corrected chi connectivity index (χ2v) is 2.95. The molecule has 0 amide bonds. The molecule has 0 aliphatic carbocycles. The highest BCUT2D eigenvalue weighted by Gasteiger charge is 1.94. The van der Waals surface area contributed by atoms with E-state index < -0.39 is 0 Å². The van der Waals surface area contributed by atoms with Crippen LogP contribution in [0.4, 0.5) is 0 Å². The highest BCUT2D eigenvalue weighted by molar-refractivity contribution is 9.09. The minimum Gasteiger partial charge on any atom is -0.496 e. The van der Waals surface area contributed by atoms with E-state index in [9.17, 15) is 0 Å². The van der Waals surface area contributed by atoms with E-state index in [-0.39, 0.29) is 0 Å². The van der Waals surface area contributed by atoms with Gasteiger partial charge in [0.2, 0.25) is 0 Å². The monoisotopic (exact) mass is 226 g/mol. The van der Waals surface area contributed by atoms with Crippen LogP contribution in [0.2, 0.25) is 0 Å². The largest absolute Gasteiger partial charge is 0.496 e. The predicted octanol–water partition coefficient (Wildman–Crippen LogP) is 3.10. The third-order valence-electron chi connectivity index (χ3n) is 1.53. The van der Waals surface area contributed by atoms with Gasteiger partial charge in [-0.25, -0.2) is 0 Å². The van der Waals surface area contributed by atoms with Gasteiger partial charge in [0.05, 0.1) is 7.11 Å². The number of ether oxygens (including phenoxy) is 1. The summed E-state index contributed by atoms with van der Waals surface area (Å²) in [5, 5.41) is 0.866. The van der Waals surface area contributed by atoms with Crippen LogP contribution in [0.15, 0.2) is 30.3 Å². The molecule has 2 heteroatoms. The minimum atomic E-state index is 0.866. The van der Waals surface area contributed by atoms with E-state index in [4.69, 9.17) is 4.74 Å². The standard InChI is InChI=1S/C10H11BrO/c1-12-10-7-3-2-5-9(10)6-4-8-11/h2-7H,8H2,1H3. The molecule has 0 aliphatic heterocycles. The molecule has 0 heterocycles. The van der Waals surface area contributed by atoms with Crippen LogP contribution in [0, 0.1) is 0 Å². The molecule has 0 atom stereocenters. The minimum absolute atomic E-state index is 0.866. The van der Waals surface area contributed by atoms with Gasteiger partial charge in [0.1, 0.15) is 5.75 Å². The van der Waals surface area contributed by atoms with Crippen molar-refractivity contribution in [3.8, 4) is 5.75 Å². The number of methoxy groups -OCH3 is 1. The van der Waals surface area contributed by atoms with Gasteiger partial charge in [-0.2, -0.15) is 0 Å². The van der Waals surface area contributed by atoms with Gasteiger partial charge in [0.15, 0.2) is 0 Å². The number of para-hydroxylation sites is 1. The van der Waals surface area contributed by atoms with Crippen LogP contribution in [0.1, 0.15) is 5.56 Å². The van der Waals surface area contributed by atoms with Crippen LogP contribution < -0.4 is 4.74 Å². The molecule has 0 unspecified atom stereocenters. The smallest absolute Gasteiger partial charge is 0.126 e. The highest BCUT2D eigenvalue weighted by Crippen LogP contribution is 2.18. The zero-order valence-corrected chi connectivity index (χ0v) is 8.54. The lowest BCUT2D eigenvalue weighted by Gasteiger charge is -2.02. The van der Waals surface area contributed by atoms with Crippen molar-refractivity contribution < 1.29 is 4.74 Å². The summed E-state index contributed by atoms with van der Waals surface area (Å²) < 4.78 is 5.18. The highest BCUT2D eigenvalue weighted by atomic mass is 79.9. The van der Waals surface area contributed by atoms with Crippen LogP contribution in [0.25, 0.3) is 6.08 Å². The number of allylic oxidation sites excluding steroid dienone is 1. The molecule has 1 nitrogen and oxygen atoms in total. The van der Waals surface area contributed by atoms with Crippen LogP contribution in [-0.4, -0.2) is 12.4 Å². The normalized spacial score (nSPS) is 10.5. The lowest BCUT2D eigenvalue weighted by atomic mass is 10.2. The molecular formula is C10H11BrO. The van der Waals surface area contributed by atoms with E-state index in [0.29, 0.717) is 0 Å². The Morgan fingerprint density at radius 1 is 1.42 bits per heavy atom. The molecule has 1 aromatic carbocycles. The second-order valence-electron chi connectivity index (χ2n) is 2.30. The first-order valence-electron chi connectivity index (χ1n) is 3.74. The van der Waals surface area contributed by atoms with Gasteiger partial charge < -0.3 is 4.74 Å². The van der Waals surface area contributed by atoms with Crippen molar-refractivity contribution in [2.75, 3.05) is 12.4 Å². The van der Waals surface area contributed by atoms with Crippen molar-refractivity contribution >= 4 is 22.0 Å². The third kappa shape index (κ3) is 2.38. The van der Waals surface area contributed by atoms with E-state index in [2.05, 4.69) is 15.9 Å². The summed E-state index contributed by atoms with van der Waals surface area (Å²) in [4.78, 5) is 0. The average Bonchev–Trinajstić information content (AvgIpc) is 2.15. The molecule has 0 spiro atoms. The van der Waals surface area contributed by atoms with E-state index in [1.54, 1.807) is 7.11 Å². The molecule has 0 bridgehead atoms. The van der Waals surface area contributed by atoms with Crippen molar-refractivity contribution in [2.24, 2.45) is 0 Å². The Morgan fingerprint density at radius 2 is 2.17 bits per heavy atom. The zero-order chi connectivity index (χ0) is 8.81. The molecule has 1 aromatic rings. The Hall–Kier alpha value is -0.760. The molecule has 0 aromatic heterocycles. The maximum Gasteiger partial charge on any atom is 0.126 e. The Labute approximate surface area is 81.2 Å². The van der Waals surface area contributed by atoms with E-state index in [1.807, 2.05) is 36.4 Å². The van der Waals surface area contributed by atoms with Crippen LogP contribution >= 0.6 is 15.9 Å². The number of hydrogen-bond acceptors (Lipinski definition) is 1. The number of halogens is 1. The molecule has 12 heavy (non-hydrogen) atoms. The van der Waals surface area contributed by atoms with E-state index >= 15 is 0 Å². The number of alkyl halides is 1. The van der Waals surface area contributed by atoms with Gasteiger partial charge in [-0.3, -0.25) is 0 Å². The average molecular weight is 227 g/mol. The topological polar surface area (TPSA) is 9.23 Å².